The van der Waals surface area contributed by atoms with Crippen molar-refractivity contribution in [3.8, 4) is 11.5 Å². The minimum Gasteiger partial charge on any atom is -0.493 e. The van der Waals surface area contributed by atoms with E-state index in [1.165, 1.54) is 19.3 Å². The molecule has 1 saturated heterocycles. The van der Waals surface area contributed by atoms with Crippen LogP contribution in [0.3, 0.4) is 0 Å². The van der Waals surface area contributed by atoms with Crippen LogP contribution in [-0.4, -0.2) is 38.2 Å². The molecule has 0 aromatic heterocycles. The zero-order chi connectivity index (χ0) is 14.4. The Labute approximate surface area is 143 Å². The van der Waals surface area contributed by atoms with Gasteiger partial charge < -0.3 is 20.1 Å². The number of aliphatic imine (C=N–C) groups is 1. The van der Waals surface area contributed by atoms with Gasteiger partial charge in [0.15, 0.2) is 17.5 Å². The molecule has 1 aromatic rings. The number of hydrogen-bond acceptors (Lipinski definition) is 3. The minimum atomic E-state index is 0. The molecule has 0 aliphatic carbocycles. The predicted molar refractivity (Wildman–Crippen MR) is 95.7 cm³/mol. The van der Waals surface area contributed by atoms with Crippen LogP contribution in [0.2, 0.25) is 0 Å². The summed E-state index contributed by atoms with van der Waals surface area (Å²) in [6, 6.07) is 5.81. The average Bonchev–Trinajstić information content (AvgIpc) is 2.53. The van der Waals surface area contributed by atoms with Gasteiger partial charge in [0.05, 0.1) is 20.8 Å². The van der Waals surface area contributed by atoms with Crippen LogP contribution in [0.15, 0.2) is 23.2 Å². The molecule has 1 aromatic carbocycles. The van der Waals surface area contributed by atoms with Crippen LogP contribution in [0.1, 0.15) is 24.8 Å². The second-order valence-corrected chi connectivity index (χ2v) is 4.91. The normalized spacial score (nSPS) is 15.3. The summed E-state index contributed by atoms with van der Waals surface area (Å²) < 4.78 is 10.5. The van der Waals surface area contributed by atoms with Gasteiger partial charge in [0.25, 0.3) is 0 Å². The Kier molecular flexibility index (Phi) is 7.63. The van der Waals surface area contributed by atoms with Gasteiger partial charge >= 0.3 is 0 Å². The SMILES string of the molecule is COc1ccc(CN=C(N)N2CCCCC2)cc1OC.I. The largest absolute Gasteiger partial charge is 0.493 e. The quantitative estimate of drug-likeness (QED) is 0.476. The summed E-state index contributed by atoms with van der Waals surface area (Å²) in [5.41, 5.74) is 7.10. The zero-order valence-electron chi connectivity index (χ0n) is 12.7. The van der Waals surface area contributed by atoms with E-state index in [0.717, 1.165) is 30.2 Å². The number of halogens is 1. The van der Waals surface area contributed by atoms with Gasteiger partial charge in [-0.05, 0) is 37.0 Å². The first kappa shape index (κ1) is 17.9. The number of benzene rings is 1. The maximum absolute atomic E-state index is 6.04. The third kappa shape index (κ3) is 4.94. The molecule has 2 rings (SSSR count). The third-order valence-electron chi connectivity index (χ3n) is 3.55. The van der Waals surface area contributed by atoms with Gasteiger partial charge in [-0.3, -0.25) is 0 Å². The fraction of sp³-hybridized carbons (Fsp3) is 0.533. The van der Waals surface area contributed by atoms with Gasteiger partial charge in [-0.25, -0.2) is 4.99 Å². The molecule has 6 heteroatoms. The summed E-state index contributed by atoms with van der Waals surface area (Å²) in [5.74, 6) is 2.08. The lowest BCUT2D eigenvalue weighted by atomic mass is 10.1. The van der Waals surface area contributed by atoms with E-state index in [1.807, 2.05) is 18.2 Å². The maximum Gasteiger partial charge on any atom is 0.191 e. The number of piperidine rings is 1. The van der Waals surface area contributed by atoms with Gasteiger partial charge in [-0.2, -0.15) is 0 Å². The molecule has 0 amide bonds. The van der Waals surface area contributed by atoms with Crippen LogP contribution in [0, 0.1) is 0 Å². The summed E-state index contributed by atoms with van der Waals surface area (Å²) >= 11 is 0. The molecule has 0 atom stereocenters. The van der Waals surface area contributed by atoms with E-state index in [9.17, 15) is 0 Å². The zero-order valence-corrected chi connectivity index (χ0v) is 15.0. The number of nitrogens with zero attached hydrogens (tertiary/aromatic N) is 2. The van der Waals surface area contributed by atoms with Crippen LogP contribution < -0.4 is 15.2 Å². The smallest absolute Gasteiger partial charge is 0.191 e. The number of guanidine groups is 1. The fourth-order valence-corrected chi connectivity index (χ4v) is 2.37. The molecule has 0 radical (unpaired) electrons. The summed E-state index contributed by atoms with van der Waals surface area (Å²) in [5, 5.41) is 0. The van der Waals surface area contributed by atoms with Gasteiger partial charge in [0, 0.05) is 13.1 Å². The lowest BCUT2D eigenvalue weighted by Gasteiger charge is -2.27. The molecule has 2 N–H and O–H groups in total. The van der Waals surface area contributed by atoms with E-state index in [2.05, 4.69) is 9.89 Å². The molecule has 21 heavy (non-hydrogen) atoms. The van der Waals surface area contributed by atoms with E-state index < -0.39 is 0 Å². The molecule has 0 bridgehead atoms. The van der Waals surface area contributed by atoms with Crippen LogP contribution in [-0.2, 0) is 6.54 Å². The standard InChI is InChI=1S/C15H23N3O2.HI/c1-19-13-7-6-12(10-14(13)20-2)11-17-15(16)18-8-4-3-5-9-18;/h6-7,10H,3-5,8-9,11H2,1-2H3,(H2,16,17);1H. The molecular formula is C15H24IN3O2. The number of likely N-dealkylation sites (tertiary alicyclic amines) is 1. The third-order valence-corrected chi connectivity index (χ3v) is 3.55. The maximum atomic E-state index is 6.04. The van der Waals surface area contributed by atoms with Gasteiger partial charge in [0.1, 0.15) is 0 Å². The first-order chi connectivity index (χ1) is 9.74. The number of hydrogen-bond donors (Lipinski definition) is 1. The van der Waals surface area contributed by atoms with Crippen molar-refractivity contribution in [1.82, 2.24) is 4.90 Å². The average molecular weight is 405 g/mol. The highest BCUT2D eigenvalue weighted by atomic mass is 127. The molecule has 0 saturated carbocycles. The molecule has 1 aliphatic rings. The summed E-state index contributed by atoms with van der Waals surface area (Å²) in [6.45, 7) is 2.59. The number of methoxy groups -OCH3 is 2. The van der Waals surface area contributed by atoms with Gasteiger partial charge in [0.2, 0.25) is 0 Å². The van der Waals surface area contributed by atoms with Crippen molar-refractivity contribution in [2.24, 2.45) is 10.7 Å². The number of nitrogens with two attached hydrogens (primary N) is 1. The monoisotopic (exact) mass is 405 g/mol. The van der Waals surface area contributed by atoms with Crippen molar-refractivity contribution in [3.05, 3.63) is 23.8 Å². The summed E-state index contributed by atoms with van der Waals surface area (Å²) in [6.07, 6.45) is 3.69. The second kappa shape index (κ2) is 8.96. The molecule has 5 nitrogen and oxygen atoms in total. The molecule has 118 valence electrons. The van der Waals surface area contributed by atoms with Crippen molar-refractivity contribution in [3.63, 3.8) is 0 Å². The molecular weight excluding hydrogens is 381 g/mol. The van der Waals surface area contributed by atoms with Crippen LogP contribution in [0.5, 0.6) is 11.5 Å². The van der Waals surface area contributed by atoms with E-state index in [1.54, 1.807) is 14.2 Å². The fourth-order valence-electron chi connectivity index (χ4n) is 2.37. The van der Waals surface area contributed by atoms with Gasteiger partial charge in [-0.1, -0.05) is 6.07 Å². The van der Waals surface area contributed by atoms with E-state index in [-0.39, 0.29) is 24.0 Å². The Morgan fingerprint density at radius 1 is 1.14 bits per heavy atom. The van der Waals surface area contributed by atoms with Crippen molar-refractivity contribution < 1.29 is 9.47 Å². The van der Waals surface area contributed by atoms with Crippen LogP contribution in [0.25, 0.3) is 0 Å². The molecule has 1 heterocycles. The summed E-state index contributed by atoms with van der Waals surface area (Å²) in [4.78, 5) is 6.63. The Hall–Kier alpha value is -1.18. The van der Waals surface area contributed by atoms with E-state index >= 15 is 0 Å². The topological polar surface area (TPSA) is 60.1 Å². The van der Waals surface area contributed by atoms with Crippen molar-refractivity contribution >= 4 is 29.9 Å². The highest BCUT2D eigenvalue weighted by Crippen LogP contribution is 2.27. The lowest BCUT2D eigenvalue weighted by Crippen LogP contribution is -2.40. The first-order valence-electron chi connectivity index (χ1n) is 7.00. The first-order valence-corrected chi connectivity index (χ1v) is 7.00. The lowest BCUT2D eigenvalue weighted by molar-refractivity contribution is 0.338. The predicted octanol–water partition coefficient (Wildman–Crippen LogP) is 2.62. The minimum absolute atomic E-state index is 0. The van der Waals surface area contributed by atoms with E-state index in [0.29, 0.717) is 12.5 Å². The van der Waals surface area contributed by atoms with Crippen LogP contribution >= 0.6 is 24.0 Å². The molecule has 0 spiro atoms. The van der Waals surface area contributed by atoms with Crippen LogP contribution in [0.4, 0.5) is 0 Å². The highest BCUT2D eigenvalue weighted by Gasteiger charge is 2.11. The highest BCUT2D eigenvalue weighted by molar-refractivity contribution is 14.0. The second-order valence-electron chi connectivity index (χ2n) is 4.91. The molecule has 0 unspecified atom stereocenters. The Morgan fingerprint density at radius 3 is 2.43 bits per heavy atom. The van der Waals surface area contributed by atoms with Crippen molar-refractivity contribution in [2.75, 3.05) is 27.3 Å². The Bertz CT molecular complexity index is 474. The number of ether oxygens (including phenoxy) is 2. The molecule has 1 fully saturated rings. The van der Waals surface area contributed by atoms with Crippen molar-refractivity contribution in [2.45, 2.75) is 25.8 Å². The van der Waals surface area contributed by atoms with Crippen molar-refractivity contribution in [1.29, 1.82) is 0 Å². The number of rotatable bonds is 4. The summed E-state index contributed by atoms with van der Waals surface area (Å²) in [7, 11) is 3.26. The Balaban J connectivity index is 0.00000220. The van der Waals surface area contributed by atoms with E-state index in [4.69, 9.17) is 15.2 Å². The Morgan fingerprint density at radius 2 is 1.81 bits per heavy atom. The molecule has 1 aliphatic heterocycles. The van der Waals surface area contributed by atoms with Gasteiger partial charge in [-0.15, -0.1) is 24.0 Å².